The van der Waals surface area contributed by atoms with E-state index in [1.807, 2.05) is 19.9 Å². The Bertz CT molecular complexity index is 1020. The van der Waals surface area contributed by atoms with Gasteiger partial charge in [-0.3, -0.25) is 14.3 Å². The van der Waals surface area contributed by atoms with Crippen LogP contribution in [0.4, 0.5) is 0 Å². The number of hydrogen-bond acceptors (Lipinski definition) is 6. The number of nitrogens with one attached hydrogen (secondary N) is 1. The first-order valence-electron chi connectivity index (χ1n) is 7.17. The van der Waals surface area contributed by atoms with E-state index in [1.54, 1.807) is 11.6 Å². The molecule has 0 radical (unpaired) electrons. The van der Waals surface area contributed by atoms with Gasteiger partial charge in [-0.2, -0.15) is 0 Å². The molecule has 0 saturated heterocycles. The smallest absolute Gasteiger partial charge is 0.312 e. The summed E-state index contributed by atoms with van der Waals surface area (Å²) in [6.45, 7) is 4.39. The minimum Gasteiger partial charge on any atom is -0.312 e. The highest BCUT2D eigenvalue weighted by Gasteiger charge is 2.15. The van der Waals surface area contributed by atoms with Crippen molar-refractivity contribution < 1.29 is 0 Å². The molecule has 0 aliphatic heterocycles. The summed E-state index contributed by atoms with van der Waals surface area (Å²) in [4.78, 5) is 39.1. The fraction of sp³-hybridized carbons (Fsp3) is 0.357. The molecule has 24 heavy (non-hydrogen) atoms. The third-order valence-corrected chi connectivity index (χ3v) is 4.90. The molecule has 3 rings (SSSR count). The van der Waals surface area contributed by atoms with Gasteiger partial charge in [0, 0.05) is 30.7 Å². The van der Waals surface area contributed by atoms with Crippen molar-refractivity contribution in [1.29, 1.82) is 0 Å². The first-order valence-corrected chi connectivity index (χ1v) is 8.95. The van der Waals surface area contributed by atoms with E-state index in [9.17, 15) is 9.59 Å². The SMILES string of the molecule is Cc1cc(C)nc(SCCn2c(Br)nc3c2c(=O)[nH]c(=O)n3C)n1. The van der Waals surface area contributed by atoms with E-state index < -0.39 is 11.2 Å². The fourth-order valence-electron chi connectivity index (χ4n) is 2.40. The Kier molecular flexibility index (Phi) is 4.59. The number of halogens is 1. The van der Waals surface area contributed by atoms with Gasteiger partial charge in [-0.25, -0.2) is 19.7 Å². The van der Waals surface area contributed by atoms with Crippen LogP contribution < -0.4 is 11.2 Å². The van der Waals surface area contributed by atoms with E-state index in [4.69, 9.17) is 0 Å². The number of H-pyrrole nitrogens is 1. The number of aryl methyl sites for hydroxylation is 4. The van der Waals surface area contributed by atoms with Crippen molar-refractivity contribution in [3.8, 4) is 0 Å². The molecule has 0 aliphatic carbocycles. The first kappa shape index (κ1) is 16.9. The number of rotatable bonds is 4. The Hall–Kier alpha value is -1.94. The minimum atomic E-state index is -0.484. The summed E-state index contributed by atoms with van der Waals surface area (Å²) < 4.78 is 3.56. The van der Waals surface area contributed by atoms with E-state index >= 15 is 0 Å². The van der Waals surface area contributed by atoms with Gasteiger partial charge < -0.3 is 4.57 Å². The molecular formula is C14H15BrN6O2S. The monoisotopic (exact) mass is 410 g/mol. The number of thioether (sulfide) groups is 1. The standard InChI is InChI=1S/C14H15BrN6O2S/c1-7-6-8(2)17-13(16-7)24-5-4-21-9-10(18-12(21)15)20(3)14(23)19-11(9)22/h6H,4-5H2,1-3H3,(H,19,22,23). The molecule has 3 aromatic rings. The van der Waals surface area contributed by atoms with Crippen LogP contribution in [0.15, 0.2) is 25.5 Å². The third-order valence-electron chi connectivity index (χ3n) is 3.47. The molecule has 8 nitrogen and oxygen atoms in total. The second kappa shape index (κ2) is 6.52. The predicted octanol–water partition coefficient (Wildman–Crippen LogP) is 1.38. The van der Waals surface area contributed by atoms with Crippen molar-refractivity contribution in [1.82, 2.24) is 29.1 Å². The second-order valence-electron chi connectivity index (χ2n) is 5.30. The molecule has 0 unspecified atom stereocenters. The van der Waals surface area contributed by atoms with Crippen LogP contribution in [-0.2, 0) is 13.6 Å². The summed E-state index contributed by atoms with van der Waals surface area (Å²) >= 11 is 4.86. The maximum absolute atomic E-state index is 12.1. The normalized spacial score (nSPS) is 11.3. The van der Waals surface area contributed by atoms with Gasteiger partial charge in [-0.15, -0.1) is 0 Å². The van der Waals surface area contributed by atoms with Gasteiger partial charge in [0.2, 0.25) is 0 Å². The van der Waals surface area contributed by atoms with E-state index in [2.05, 4.69) is 35.9 Å². The fourth-order valence-corrected chi connectivity index (χ4v) is 3.79. The van der Waals surface area contributed by atoms with E-state index in [1.165, 1.54) is 16.3 Å². The Morgan fingerprint density at radius 3 is 2.54 bits per heavy atom. The van der Waals surface area contributed by atoms with Gasteiger partial charge in [-0.05, 0) is 35.8 Å². The lowest BCUT2D eigenvalue weighted by Crippen LogP contribution is -2.29. The Morgan fingerprint density at radius 1 is 1.21 bits per heavy atom. The van der Waals surface area contributed by atoms with Crippen LogP contribution in [0.25, 0.3) is 11.2 Å². The average molecular weight is 411 g/mol. The maximum atomic E-state index is 12.1. The topological polar surface area (TPSA) is 98.5 Å². The molecule has 0 aliphatic rings. The van der Waals surface area contributed by atoms with E-state index in [-0.39, 0.29) is 0 Å². The lowest BCUT2D eigenvalue weighted by Gasteiger charge is -2.06. The van der Waals surface area contributed by atoms with E-state index in [0.29, 0.717) is 33.4 Å². The molecule has 0 amide bonds. The summed E-state index contributed by atoms with van der Waals surface area (Å²) in [6, 6.07) is 1.92. The highest BCUT2D eigenvalue weighted by atomic mass is 79.9. The van der Waals surface area contributed by atoms with Crippen molar-refractivity contribution >= 4 is 38.9 Å². The van der Waals surface area contributed by atoms with Crippen molar-refractivity contribution in [3.05, 3.63) is 43.0 Å². The predicted molar refractivity (Wildman–Crippen MR) is 95.5 cm³/mol. The molecular weight excluding hydrogens is 396 g/mol. The molecule has 0 fully saturated rings. The lowest BCUT2D eigenvalue weighted by molar-refractivity contribution is 0.765. The zero-order valence-corrected chi connectivity index (χ0v) is 15.7. The van der Waals surface area contributed by atoms with Crippen molar-refractivity contribution in [3.63, 3.8) is 0 Å². The first-order chi connectivity index (χ1) is 11.4. The number of hydrogen-bond donors (Lipinski definition) is 1. The molecule has 0 atom stereocenters. The second-order valence-corrected chi connectivity index (χ2v) is 7.08. The van der Waals surface area contributed by atoms with Crippen LogP contribution in [0, 0.1) is 13.8 Å². The Balaban J connectivity index is 1.88. The largest absolute Gasteiger partial charge is 0.329 e. The summed E-state index contributed by atoms with van der Waals surface area (Å²) in [5.74, 6) is 0.662. The highest BCUT2D eigenvalue weighted by Crippen LogP contribution is 2.19. The maximum Gasteiger partial charge on any atom is 0.329 e. The molecule has 0 bridgehead atoms. The van der Waals surface area contributed by atoms with Crippen LogP contribution in [0.2, 0.25) is 0 Å². The van der Waals surface area contributed by atoms with Crippen LogP contribution >= 0.6 is 27.7 Å². The summed E-state index contributed by atoms with van der Waals surface area (Å²) in [6.07, 6.45) is 0. The third kappa shape index (κ3) is 3.16. The van der Waals surface area contributed by atoms with Gasteiger partial charge in [0.25, 0.3) is 5.56 Å². The molecule has 0 aromatic carbocycles. The van der Waals surface area contributed by atoms with Crippen molar-refractivity contribution in [2.75, 3.05) is 5.75 Å². The molecule has 0 spiro atoms. The zero-order valence-electron chi connectivity index (χ0n) is 13.3. The Labute approximate surface area is 149 Å². The molecule has 126 valence electrons. The molecule has 1 N–H and O–H groups in total. The number of aromatic amines is 1. The van der Waals surface area contributed by atoms with Crippen molar-refractivity contribution in [2.24, 2.45) is 7.05 Å². The van der Waals surface area contributed by atoms with Crippen LogP contribution in [0.3, 0.4) is 0 Å². The van der Waals surface area contributed by atoms with Gasteiger partial charge in [0.05, 0.1) is 0 Å². The van der Waals surface area contributed by atoms with Gasteiger partial charge in [0.15, 0.2) is 21.1 Å². The summed E-state index contributed by atoms with van der Waals surface area (Å²) in [7, 11) is 1.57. The lowest BCUT2D eigenvalue weighted by atomic mass is 10.4. The Morgan fingerprint density at radius 2 is 1.88 bits per heavy atom. The average Bonchev–Trinajstić information content (AvgIpc) is 2.82. The number of imidazole rings is 1. The van der Waals surface area contributed by atoms with Gasteiger partial charge >= 0.3 is 5.69 Å². The molecule has 3 aromatic heterocycles. The van der Waals surface area contributed by atoms with Crippen molar-refractivity contribution in [2.45, 2.75) is 25.5 Å². The summed E-state index contributed by atoms with van der Waals surface area (Å²) in [5, 5.41) is 0.703. The minimum absolute atomic E-state index is 0.350. The molecule has 3 heterocycles. The van der Waals surface area contributed by atoms with Gasteiger partial charge in [0.1, 0.15) is 0 Å². The quantitative estimate of drug-likeness (QED) is 0.396. The number of nitrogens with zero attached hydrogens (tertiary/aromatic N) is 5. The number of aromatic nitrogens is 6. The molecule has 0 saturated carbocycles. The van der Waals surface area contributed by atoms with Crippen LogP contribution in [0.1, 0.15) is 11.4 Å². The van der Waals surface area contributed by atoms with Gasteiger partial charge in [-0.1, -0.05) is 11.8 Å². The molecule has 10 heteroatoms. The highest BCUT2D eigenvalue weighted by molar-refractivity contribution is 9.10. The van der Waals surface area contributed by atoms with Crippen LogP contribution in [-0.4, -0.2) is 34.8 Å². The summed E-state index contributed by atoms with van der Waals surface area (Å²) in [5.41, 5.74) is 1.63. The van der Waals surface area contributed by atoms with Crippen LogP contribution in [0.5, 0.6) is 0 Å². The number of fused-ring (bicyclic) bond motifs is 1. The van der Waals surface area contributed by atoms with E-state index in [0.717, 1.165) is 11.4 Å². The zero-order chi connectivity index (χ0) is 17.4.